The van der Waals surface area contributed by atoms with Crippen molar-refractivity contribution in [1.82, 2.24) is 5.32 Å². The second kappa shape index (κ2) is 5.16. The van der Waals surface area contributed by atoms with Crippen LogP contribution in [0.25, 0.3) is 0 Å². The third-order valence-corrected chi connectivity index (χ3v) is 2.99. The van der Waals surface area contributed by atoms with Crippen LogP contribution in [0.1, 0.15) is 32.6 Å². The van der Waals surface area contributed by atoms with Crippen molar-refractivity contribution >= 4 is 0 Å². The normalized spacial score (nSPS) is 30.2. The molecule has 1 fully saturated rings. The smallest absolute Gasteiger partial charge is 0.382 e. The minimum Gasteiger partial charge on any atom is -0.382 e. The predicted molar refractivity (Wildman–Crippen MR) is 51.5 cm³/mol. The molecule has 90 valence electrons. The Morgan fingerprint density at radius 2 is 1.80 bits per heavy atom. The summed E-state index contributed by atoms with van der Waals surface area (Å²) in [7, 11) is 0. The quantitative estimate of drug-likeness (QED) is 0.770. The molecule has 0 amide bonds. The zero-order chi connectivity index (χ0) is 11.5. The van der Waals surface area contributed by atoms with Gasteiger partial charge in [-0.1, -0.05) is 6.92 Å². The molecule has 0 spiro atoms. The summed E-state index contributed by atoms with van der Waals surface area (Å²) in [5.74, 6) is 0.676. The first-order valence-corrected chi connectivity index (χ1v) is 5.37. The first-order valence-electron chi connectivity index (χ1n) is 5.37. The average Bonchev–Trinajstić information content (AvgIpc) is 2.15. The molecule has 5 heteroatoms. The number of aliphatic hydroxyl groups is 1. The highest BCUT2D eigenvalue weighted by atomic mass is 19.4. The van der Waals surface area contributed by atoms with Gasteiger partial charge in [0.2, 0.25) is 0 Å². The van der Waals surface area contributed by atoms with Crippen molar-refractivity contribution in [1.29, 1.82) is 0 Å². The first kappa shape index (κ1) is 12.8. The maximum atomic E-state index is 12.0. The van der Waals surface area contributed by atoms with E-state index in [1.807, 2.05) is 0 Å². The van der Waals surface area contributed by atoms with E-state index < -0.39 is 12.3 Å². The molecule has 0 aliphatic heterocycles. The Kier molecular flexibility index (Phi) is 4.40. The first-order chi connectivity index (χ1) is 6.89. The summed E-state index contributed by atoms with van der Waals surface area (Å²) in [6, 6.07) is 0.137. The van der Waals surface area contributed by atoms with Crippen LogP contribution >= 0.6 is 0 Å². The number of hydrogen-bond donors (Lipinski definition) is 2. The highest BCUT2D eigenvalue weighted by Gasteiger charge is 2.38. The molecule has 1 aliphatic rings. The fraction of sp³-hybridized carbons (Fsp3) is 1.00. The van der Waals surface area contributed by atoms with Gasteiger partial charge in [0, 0.05) is 12.6 Å². The summed E-state index contributed by atoms with van der Waals surface area (Å²) in [5.41, 5.74) is 0. The molecule has 0 saturated heterocycles. The molecule has 0 aromatic heterocycles. The van der Waals surface area contributed by atoms with Gasteiger partial charge in [0.25, 0.3) is 0 Å². The minimum atomic E-state index is -4.51. The third kappa shape index (κ3) is 4.38. The van der Waals surface area contributed by atoms with Crippen LogP contribution in [0.5, 0.6) is 0 Å². The molecule has 15 heavy (non-hydrogen) atoms. The van der Waals surface area contributed by atoms with Crippen LogP contribution in [0.2, 0.25) is 0 Å². The van der Waals surface area contributed by atoms with Gasteiger partial charge < -0.3 is 10.4 Å². The van der Waals surface area contributed by atoms with Crippen LogP contribution in [0.4, 0.5) is 13.2 Å². The highest BCUT2D eigenvalue weighted by Crippen LogP contribution is 2.24. The summed E-state index contributed by atoms with van der Waals surface area (Å²) in [5, 5.41) is 11.6. The lowest BCUT2D eigenvalue weighted by Crippen LogP contribution is -2.43. The van der Waals surface area contributed by atoms with Crippen molar-refractivity contribution in [3.63, 3.8) is 0 Å². The number of halogens is 3. The van der Waals surface area contributed by atoms with Crippen LogP contribution in [-0.4, -0.2) is 30.0 Å². The lowest BCUT2D eigenvalue weighted by molar-refractivity contribution is -0.202. The molecule has 1 aliphatic carbocycles. The second-order valence-electron chi connectivity index (χ2n) is 4.42. The third-order valence-electron chi connectivity index (χ3n) is 2.99. The van der Waals surface area contributed by atoms with E-state index in [0.717, 1.165) is 25.7 Å². The Morgan fingerprint density at radius 3 is 2.27 bits per heavy atom. The monoisotopic (exact) mass is 225 g/mol. The van der Waals surface area contributed by atoms with E-state index in [0.29, 0.717) is 5.92 Å². The Morgan fingerprint density at radius 1 is 1.27 bits per heavy atom. The summed E-state index contributed by atoms with van der Waals surface area (Å²) >= 11 is 0. The molecule has 0 aromatic carbocycles. The standard InChI is InChI=1S/C10H18F3NO/c1-7-2-4-8(5-3-7)14-6-9(15)10(11,12)13/h7-9,14-15H,2-6H2,1H3/t7?,8?,9-/m1/s1. The van der Waals surface area contributed by atoms with Gasteiger partial charge in [-0.2, -0.15) is 13.2 Å². The molecule has 1 saturated carbocycles. The van der Waals surface area contributed by atoms with Gasteiger partial charge in [-0.15, -0.1) is 0 Å². The molecule has 1 rings (SSSR count). The van der Waals surface area contributed by atoms with Gasteiger partial charge in [-0.25, -0.2) is 0 Å². The predicted octanol–water partition coefficient (Wildman–Crippen LogP) is 2.08. The second-order valence-corrected chi connectivity index (χ2v) is 4.42. The van der Waals surface area contributed by atoms with Crippen molar-refractivity contribution in [2.24, 2.45) is 5.92 Å². The Balaban J connectivity index is 2.20. The topological polar surface area (TPSA) is 32.3 Å². The van der Waals surface area contributed by atoms with Crippen molar-refractivity contribution in [2.75, 3.05) is 6.54 Å². The van der Waals surface area contributed by atoms with E-state index in [2.05, 4.69) is 12.2 Å². The van der Waals surface area contributed by atoms with Crippen LogP contribution in [-0.2, 0) is 0 Å². The highest BCUT2D eigenvalue weighted by molar-refractivity contribution is 4.77. The Labute approximate surface area is 87.9 Å². The number of nitrogens with one attached hydrogen (secondary N) is 1. The summed E-state index contributed by atoms with van der Waals surface area (Å²) < 4.78 is 35.9. The molecule has 2 N–H and O–H groups in total. The summed E-state index contributed by atoms with van der Waals surface area (Å²) in [6.45, 7) is 1.77. The maximum Gasteiger partial charge on any atom is 0.415 e. The van der Waals surface area contributed by atoms with E-state index in [1.165, 1.54) is 0 Å². The van der Waals surface area contributed by atoms with Crippen molar-refractivity contribution in [2.45, 2.75) is 50.9 Å². The van der Waals surface area contributed by atoms with E-state index in [9.17, 15) is 13.2 Å². The van der Waals surface area contributed by atoms with Gasteiger partial charge in [0.05, 0.1) is 0 Å². The molecule has 0 bridgehead atoms. The van der Waals surface area contributed by atoms with Crippen LogP contribution in [0, 0.1) is 5.92 Å². The largest absolute Gasteiger partial charge is 0.415 e. The molecular weight excluding hydrogens is 207 g/mol. The lowest BCUT2D eigenvalue weighted by Gasteiger charge is -2.28. The molecular formula is C10H18F3NO. The van der Waals surface area contributed by atoms with E-state index in [4.69, 9.17) is 5.11 Å². The Bertz CT molecular complexity index is 188. The summed E-state index contributed by atoms with van der Waals surface area (Å²) in [4.78, 5) is 0. The molecule has 1 atom stereocenters. The van der Waals surface area contributed by atoms with Crippen molar-refractivity contribution in [3.05, 3.63) is 0 Å². The fourth-order valence-electron chi connectivity index (χ4n) is 1.86. The van der Waals surface area contributed by atoms with E-state index in [-0.39, 0.29) is 12.6 Å². The molecule has 2 nitrogen and oxygen atoms in total. The maximum absolute atomic E-state index is 12.0. The van der Waals surface area contributed by atoms with Gasteiger partial charge in [-0.05, 0) is 31.6 Å². The zero-order valence-electron chi connectivity index (χ0n) is 8.85. The fourth-order valence-corrected chi connectivity index (χ4v) is 1.86. The summed E-state index contributed by atoms with van der Waals surface area (Å²) in [6.07, 6.45) is -2.82. The van der Waals surface area contributed by atoms with Gasteiger partial charge in [0.15, 0.2) is 6.10 Å². The van der Waals surface area contributed by atoms with Gasteiger partial charge in [0.1, 0.15) is 0 Å². The molecule has 0 radical (unpaired) electrons. The Hall–Kier alpha value is -0.290. The van der Waals surface area contributed by atoms with Gasteiger partial charge >= 0.3 is 6.18 Å². The number of rotatable bonds is 3. The molecule has 0 unspecified atom stereocenters. The zero-order valence-corrected chi connectivity index (χ0v) is 8.85. The van der Waals surface area contributed by atoms with Gasteiger partial charge in [-0.3, -0.25) is 0 Å². The minimum absolute atomic E-state index is 0.137. The van der Waals surface area contributed by atoms with Crippen LogP contribution in [0.15, 0.2) is 0 Å². The van der Waals surface area contributed by atoms with E-state index in [1.54, 1.807) is 0 Å². The number of hydrogen-bond acceptors (Lipinski definition) is 2. The van der Waals surface area contributed by atoms with Crippen molar-refractivity contribution < 1.29 is 18.3 Å². The number of aliphatic hydroxyl groups excluding tert-OH is 1. The SMILES string of the molecule is CC1CCC(NC[C@@H](O)C(F)(F)F)CC1. The average molecular weight is 225 g/mol. The van der Waals surface area contributed by atoms with Crippen molar-refractivity contribution in [3.8, 4) is 0 Å². The molecule has 0 heterocycles. The van der Waals surface area contributed by atoms with Crippen LogP contribution in [0.3, 0.4) is 0 Å². The van der Waals surface area contributed by atoms with E-state index >= 15 is 0 Å². The molecule has 0 aromatic rings. The van der Waals surface area contributed by atoms with Crippen LogP contribution < -0.4 is 5.32 Å². The lowest BCUT2D eigenvalue weighted by atomic mass is 9.87. The number of alkyl halides is 3.